The minimum absolute atomic E-state index is 0.0313. The van der Waals surface area contributed by atoms with Gasteiger partial charge in [-0.1, -0.05) is 18.2 Å². The Kier molecular flexibility index (Phi) is 8.51. The fourth-order valence-electron chi connectivity index (χ4n) is 3.53. The second-order valence-electron chi connectivity index (χ2n) is 8.24. The molecule has 194 valence electrons. The van der Waals surface area contributed by atoms with Crippen LogP contribution in [-0.2, 0) is 39.1 Å². The van der Waals surface area contributed by atoms with E-state index in [1.54, 1.807) is 4.90 Å². The summed E-state index contributed by atoms with van der Waals surface area (Å²) in [6, 6.07) is 10.7. The first-order valence-electron chi connectivity index (χ1n) is 10.9. The highest BCUT2D eigenvalue weighted by Gasteiger charge is 2.26. The first-order chi connectivity index (χ1) is 16.8. The molecule has 1 fully saturated rings. The number of primary sulfonamides is 1. The quantitative estimate of drug-likeness (QED) is 0.376. The molecule has 1 aliphatic rings. The van der Waals surface area contributed by atoms with Crippen molar-refractivity contribution in [2.45, 2.75) is 35.8 Å². The number of amides is 1. The number of ether oxygens (including phenoxy) is 2. The third kappa shape index (κ3) is 7.62. The van der Waals surface area contributed by atoms with Crippen LogP contribution in [0.5, 0.6) is 0 Å². The minimum atomic E-state index is -4.01. The molecular weight excluding hydrogens is 510 g/mol. The van der Waals surface area contributed by atoms with E-state index in [0.717, 1.165) is 12.1 Å². The third-order valence-corrected chi connectivity index (χ3v) is 7.44. The van der Waals surface area contributed by atoms with Crippen molar-refractivity contribution in [3.05, 3.63) is 60.2 Å². The van der Waals surface area contributed by atoms with Crippen LogP contribution in [0.25, 0.3) is 6.08 Å². The van der Waals surface area contributed by atoms with Crippen LogP contribution in [-0.4, -0.2) is 65.5 Å². The van der Waals surface area contributed by atoms with Gasteiger partial charge in [-0.3, -0.25) is 9.52 Å². The lowest BCUT2D eigenvalue weighted by atomic mass is 10.2. The average Bonchev–Trinajstić information content (AvgIpc) is 2.80. The molecule has 13 heteroatoms. The van der Waals surface area contributed by atoms with E-state index in [1.807, 2.05) is 13.8 Å². The van der Waals surface area contributed by atoms with E-state index in [4.69, 9.17) is 14.6 Å². The fraction of sp³-hybridized carbons (Fsp3) is 0.304. The molecule has 0 aliphatic carbocycles. The predicted octanol–water partition coefficient (Wildman–Crippen LogP) is 1.33. The molecule has 2 aromatic carbocycles. The molecule has 0 bridgehead atoms. The molecule has 1 aliphatic heterocycles. The summed E-state index contributed by atoms with van der Waals surface area (Å²) < 4.78 is 61.1. The van der Waals surface area contributed by atoms with Crippen molar-refractivity contribution in [3.63, 3.8) is 0 Å². The van der Waals surface area contributed by atoms with Gasteiger partial charge in [0.1, 0.15) is 0 Å². The van der Waals surface area contributed by atoms with Crippen molar-refractivity contribution in [1.29, 1.82) is 0 Å². The van der Waals surface area contributed by atoms with Crippen molar-refractivity contribution in [2.75, 3.05) is 24.4 Å². The molecule has 1 saturated heterocycles. The van der Waals surface area contributed by atoms with E-state index in [9.17, 15) is 26.4 Å². The maximum atomic E-state index is 12.6. The van der Waals surface area contributed by atoms with Crippen molar-refractivity contribution < 1.29 is 35.9 Å². The Labute approximate surface area is 210 Å². The average molecular weight is 538 g/mol. The molecule has 11 nitrogen and oxygen atoms in total. The monoisotopic (exact) mass is 537 g/mol. The summed E-state index contributed by atoms with van der Waals surface area (Å²) >= 11 is 0. The van der Waals surface area contributed by atoms with Crippen LogP contribution in [0.2, 0.25) is 0 Å². The number of nitrogens with zero attached hydrogens (tertiary/aromatic N) is 1. The van der Waals surface area contributed by atoms with Crippen molar-refractivity contribution in [2.24, 2.45) is 5.14 Å². The van der Waals surface area contributed by atoms with E-state index in [1.165, 1.54) is 48.5 Å². The number of hydrogen-bond acceptors (Lipinski definition) is 8. The number of rotatable bonds is 8. The maximum Gasteiger partial charge on any atom is 0.331 e. The van der Waals surface area contributed by atoms with Gasteiger partial charge in [0, 0.05) is 19.2 Å². The van der Waals surface area contributed by atoms with E-state index < -0.39 is 32.6 Å². The molecule has 2 atom stereocenters. The molecule has 0 saturated carbocycles. The van der Waals surface area contributed by atoms with Crippen LogP contribution in [0.3, 0.4) is 0 Å². The van der Waals surface area contributed by atoms with Gasteiger partial charge < -0.3 is 14.4 Å². The van der Waals surface area contributed by atoms with Crippen molar-refractivity contribution in [3.8, 4) is 0 Å². The van der Waals surface area contributed by atoms with Gasteiger partial charge in [0.15, 0.2) is 6.61 Å². The highest BCUT2D eigenvalue weighted by atomic mass is 32.2. The number of nitrogens with one attached hydrogen (secondary N) is 1. The van der Waals surface area contributed by atoms with Gasteiger partial charge in [0.05, 0.1) is 27.7 Å². The Hall–Kier alpha value is -3.26. The Morgan fingerprint density at radius 1 is 1.06 bits per heavy atom. The number of benzene rings is 2. The van der Waals surface area contributed by atoms with E-state index in [0.29, 0.717) is 18.7 Å². The van der Waals surface area contributed by atoms with Gasteiger partial charge in [-0.05, 0) is 55.8 Å². The number of carbonyl (C=O) groups is 2. The van der Waals surface area contributed by atoms with Crippen molar-refractivity contribution >= 4 is 43.7 Å². The molecule has 1 heterocycles. The van der Waals surface area contributed by atoms with Crippen LogP contribution in [0.1, 0.15) is 19.4 Å². The molecule has 0 aromatic heterocycles. The summed E-state index contributed by atoms with van der Waals surface area (Å²) in [5.74, 6) is -1.03. The zero-order valence-corrected chi connectivity index (χ0v) is 21.3. The van der Waals surface area contributed by atoms with Gasteiger partial charge in [-0.15, -0.1) is 0 Å². The summed E-state index contributed by atoms with van der Waals surface area (Å²) in [5, 5.41) is 5.08. The van der Waals surface area contributed by atoms with E-state index in [-0.39, 0.29) is 33.6 Å². The lowest BCUT2D eigenvalue weighted by Crippen LogP contribution is -2.49. The normalized spacial score (nSPS) is 18.7. The zero-order chi connectivity index (χ0) is 26.5. The Morgan fingerprint density at radius 3 is 2.31 bits per heavy atom. The lowest BCUT2D eigenvalue weighted by molar-refractivity contribution is -0.154. The van der Waals surface area contributed by atoms with Gasteiger partial charge in [0.25, 0.3) is 15.9 Å². The van der Waals surface area contributed by atoms with Crippen molar-refractivity contribution in [1.82, 2.24) is 4.90 Å². The molecule has 2 unspecified atom stereocenters. The minimum Gasteiger partial charge on any atom is -0.452 e. The maximum absolute atomic E-state index is 12.6. The summed E-state index contributed by atoms with van der Waals surface area (Å²) in [6.07, 6.45) is 2.37. The van der Waals surface area contributed by atoms with Crippen LogP contribution in [0.15, 0.2) is 64.4 Å². The highest BCUT2D eigenvalue weighted by Crippen LogP contribution is 2.20. The first kappa shape index (κ1) is 27.3. The largest absolute Gasteiger partial charge is 0.452 e. The number of nitrogens with two attached hydrogens (primary N) is 1. The Balaban J connectivity index is 1.56. The smallest absolute Gasteiger partial charge is 0.331 e. The van der Waals surface area contributed by atoms with Crippen LogP contribution < -0.4 is 9.86 Å². The zero-order valence-electron chi connectivity index (χ0n) is 19.7. The SMILES string of the molecule is CC1CN(C(=O)COC(=O)C=Cc2ccc(S(=O)(=O)Nc3cccc(S(N)(=O)=O)c3)cc2)CC(C)O1. The number of morpholine rings is 1. The summed E-state index contributed by atoms with van der Waals surface area (Å²) in [4.78, 5) is 25.5. The van der Waals surface area contributed by atoms with E-state index in [2.05, 4.69) is 4.72 Å². The number of anilines is 1. The molecule has 3 rings (SSSR count). The Morgan fingerprint density at radius 2 is 1.69 bits per heavy atom. The standard InChI is InChI=1S/C23H27N3O8S2/c1-16-13-26(14-17(2)34-16)22(27)15-33-23(28)11-8-18-6-9-20(10-7-18)36(31,32)25-19-4-3-5-21(12-19)35(24,29)30/h3-12,16-17,25H,13-15H2,1-2H3,(H2,24,29,30). The number of carbonyl (C=O) groups excluding carboxylic acids is 2. The summed E-state index contributed by atoms with van der Waals surface area (Å²) in [6.45, 7) is 4.20. The van der Waals surface area contributed by atoms with Gasteiger partial charge in [0.2, 0.25) is 10.0 Å². The highest BCUT2D eigenvalue weighted by molar-refractivity contribution is 7.92. The van der Waals surface area contributed by atoms with Crippen LogP contribution in [0, 0.1) is 0 Å². The molecule has 2 aromatic rings. The van der Waals surface area contributed by atoms with Gasteiger partial charge >= 0.3 is 5.97 Å². The molecule has 0 spiro atoms. The number of hydrogen-bond donors (Lipinski definition) is 2. The summed E-state index contributed by atoms with van der Waals surface area (Å²) in [5.41, 5.74) is 0.549. The Bertz CT molecular complexity index is 1350. The van der Waals surface area contributed by atoms with Gasteiger partial charge in [-0.2, -0.15) is 0 Å². The molecule has 3 N–H and O–H groups in total. The van der Waals surface area contributed by atoms with E-state index >= 15 is 0 Å². The van der Waals surface area contributed by atoms with Crippen LogP contribution >= 0.6 is 0 Å². The number of esters is 1. The predicted molar refractivity (Wildman–Crippen MR) is 132 cm³/mol. The number of sulfonamides is 2. The molecule has 36 heavy (non-hydrogen) atoms. The lowest BCUT2D eigenvalue weighted by Gasteiger charge is -2.35. The second kappa shape index (κ2) is 11.2. The molecule has 1 amide bonds. The molecule has 0 radical (unpaired) electrons. The first-order valence-corrected chi connectivity index (χ1v) is 13.9. The van der Waals surface area contributed by atoms with Crippen LogP contribution in [0.4, 0.5) is 5.69 Å². The topological polar surface area (TPSA) is 162 Å². The third-order valence-electron chi connectivity index (χ3n) is 5.13. The molecular formula is C23H27N3O8S2. The second-order valence-corrected chi connectivity index (χ2v) is 11.5. The van der Waals surface area contributed by atoms with Gasteiger partial charge in [-0.25, -0.2) is 26.8 Å². The summed E-state index contributed by atoms with van der Waals surface area (Å²) in [7, 11) is -8.00. The fourth-order valence-corrected chi connectivity index (χ4v) is 5.14.